The summed E-state index contributed by atoms with van der Waals surface area (Å²) in [4.78, 5) is 32.8. The molecule has 0 aromatic heterocycles. The Hall–Kier alpha value is -2.41. The zero-order valence-electron chi connectivity index (χ0n) is 10.00. The van der Waals surface area contributed by atoms with E-state index in [-0.39, 0.29) is 6.42 Å². The average Bonchev–Trinajstić information content (AvgIpc) is 2.30. The van der Waals surface area contributed by atoms with Gasteiger partial charge in [0.2, 0.25) is 5.91 Å². The van der Waals surface area contributed by atoms with Gasteiger partial charge in [0.05, 0.1) is 18.9 Å². The highest BCUT2D eigenvalue weighted by Crippen LogP contribution is 2.16. The van der Waals surface area contributed by atoms with Crippen molar-refractivity contribution in [1.29, 1.82) is 0 Å². The molecule has 19 heavy (non-hydrogen) atoms. The molecule has 0 heterocycles. The molecule has 1 amide bonds. The van der Waals surface area contributed by atoms with Crippen LogP contribution < -0.4 is 11.1 Å². The van der Waals surface area contributed by atoms with Crippen molar-refractivity contribution in [1.82, 2.24) is 0 Å². The Balaban J connectivity index is 2.78. The molecule has 0 saturated heterocycles. The lowest BCUT2D eigenvalue weighted by atomic mass is 10.1. The van der Waals surface area contributed by atoms with Gasteiger partial charge in [-0.1, -0.05) is 18.2 Å². The van der Waals surface area contributed by atoms with E-state index in [1.807, 2.05) is 0 Å². The summed E-state index contributed by atoms with van der Waals surface area (Å²) in [5.41, 5.74) is 6.15. The van der Waals surface area contributed by atoms with Crippen LogP contribution in [0.2, 0.25) is 0 Å². The fourth-order valence-electron chi connectivity index (χ4n) is 1.47. The molecule has 0 aliphatic heterocycles. The van der Waals surface area contributed by atoms with E-state index in [4.69, 9.17) is 15.9 Å². The second-order valence-corrected chi connectivity index (χ2v) is 3.92. The van der Waals surface area contributed by atoms with Gasteiger partial charge in [0.1, 0.15) is 0 Å². The fraction of sp³-hybridized carbons (Fsp3) is 0.250. The third kappa shape index (κ3) is 4.76. The monoisotopic (exact) mass is 266 g/mol. The number of para-hydroxylation sites is 1. The van der Waals surface area contributed by atoms with E-state index in [2.05, 4.69) is 5.32 Å². The van der Waals surface area contributed by atoms with E-state index in [0.717, 1.165) is 0 Å². The second-order valence-electron chi connectivity index (χ2n) is 3.92. The second kappa shape index (κ2) is 6.50. The van der Waals surface area contributed by atoms with Gasteiger partial charge in [-0.25, -0.2) is 0 Å². The van der Waals surface area contributed by atoms with E-state index in [1.54, 1.807) is 18.2 Å². The van der Waals surface area contributed by atoms with Crippen molar-refractivity contribution in [3.63, 3.8) is 0 Å². The first kappa shape index (κ1) is 14.7. The molecule has 1 aromatic rings. The number of anilines is 1. The Morgan fingerprint density at radius 2 is 1.79 bits per heavy atom. The maximum atomic E-state index is 11.6. The van der Waals surface area contributed by atoms with Gasteiger partial charge in [-0.2, -0.15) is 0 Å². The van der Waals surface area contributed by atoms with Crippen LogP contribution in [0.4, 0.5) is 5.69 Å². The molecule has 7 heteroatoms. The van der Waals surface area contributed by atoms with Crippen LogP contribution in [0, 0.1) is 0 Å². The van der Waals surface area contributed by atoms with Crippen LogP contribution in [0.5, 0.6) is 0 Å². The maximum Gasteiger partial charge on any atom is 0.307 e. The molecule has 1 atom stereocenters. The van der Waals surface area contributed by atoms with E-state index < -0.39 is 30.3 Å². The Kier molecular flexibility index (Phi) is 5.01. The molecule has 0 radical (unpaired) electrons. The molecule has 0 aliphatic rings. The van der Waals surface area contributed by atoms with Gasteiger partial charge in [-0.3, -0.25) is 14.4 Å². The number of nitrogens with one attached hydrogen (secondary N) is 1. The molecule has 0 saturated carbocycles. The normalized spacial score (nSPS) is 11.6. The van der Waals surface area contributed by atoms with Crippen molar-refractivity contribution in [3.8, 4) is 0 Å². The first-order valence-electron chi connectivity index (χ1n) is 5.48. The zero-order valence-corrected chi connectivity index (χ0v) is 10.00. The lowest BCUT2D eigenvalue weighted by Crippen LogP contribution is -2.37. The van der Waals surface area contributed by atoms with Crippen LogP contribution in [0.1, 0.15) is 12.0 Å². The number of nitrogens with two attached hydrogens (primary N) is 1. The summed E-state index contributed by atoms with van der Waals surface area (Å²) in [6.07, 6.45) is -0.739. The van der Waals surface area contributed by atoms with Crippen molar-refractivity contribution >= 4 is 23.5 Å². The number of hydrogen-bond acceptors (Lipinski definition) is 4. The Morgan fingerprint density at radius 1 is 1.16 bits per heavy atom. The molecule has 5 N–H and O–H groups in total. The summed E-state index contributed by atoms with van der Waals surface area (Å²) < 4.78 is 0. The molecule has 102 valence electrons. The molecule has 0 spiro atoms. The number of rotatable bonds is 6. The minimum atomic E-state index is -1.18. The minimum Gasteiger partial charge on any atom is -0.481 e. The van der Waals surface area contributed by atoms with Gasteiger partial charge < -0.3 is 21.3 Å². The lowest BCUT2D eigenvalue weighted by molar-refractivity contribution is -0.139. The Bertz CT molecular complexity index is 501. The number of carboxylic acid groups (broad SMARTS) is 2. The van der Waals surface area contributed by atoms with E-state index in [1.165, 1.54) is 6.07 Å². The van der Waals surface area contributed by atoms with Gasteiger partial charge in [0, 0.05) is 5.69 Å². The Morgan fingerprint density at radius 3 is 2.37 bits per heavy atom. The molecular formula is C12H14N2O5. The van der Waals surface area contributed by atoms with Crippen LogP contribution in [0.3, 0.4) is 0 Å². The third-order valence-electron chi connectivity index (χ3n) is 2.35. The topological polar surface area (TPSA) is 130 Å². The zero-order chi connectivity index (χ0) is 14.4. The van der Waals surface area contributed by atoms with Gasteiger partial charge in [0.25, 0.3) is 0 Å². The highest BCUT2D eigenvalue weighted by atomic mass is 16.4. The minimum absolute atomic E-state index is 0.245. The largest absolute Gasteiger partial charge is 0.481 e. The molecular weight excluding hydrogens is 252 g/mol. The number of carbonyl (C=O) groups is 3. The predicted molar refractivity (Wildman–Crippen MR) is 66.6 cm³/mol. The molecule has 0 aliphatic carbocycles. The third-order valence-corrected chi connectivity index (χ3v) is 2.35. The summed E-state index contributed by atoms with van der Waals surface area (Å²) in [5.74, 6) is -2.88. The van der Waals surface area contributed by atoms with Crippen LogP contribution in [0.15, 0.2) is 24.3 Å². The average molecular weight is 266 g/mol. The molecule has 1 rings (SSSR count). The predicted octanol–water partition coefficient (Wildman–Crippen LogP) is 0.0542. The van der Waals surface area contributed by atoms with Crippen molar-refractivity contribution in [2.24, 2.45) is 5.73 Å². The number of hydrogen-bond donors (Lipinski definition) is 4. The summed E-state index contributed by atoms with van der Waals surface area (Å²) in [6, 6.07) is 5.18. The molecule has 1 unspecified atom stereocenters. The number of benzene rings is 1. The SMILES string of the molecule is NC(CC(=O)O)C(=O)Nc1ccccc1CC(=O)O. The summed E-state index contributed by atoms with van der Waals surface area (Å²) in [6.45, 7) is 0. The number of carboxylic acids is 2. The summed E-state index contributed by atoms with van der Waals surface area (Å²) >= 11 is 0. The fourth-order valence-corrected chi connectivity index (χ4v) is 1.47. The van der Waals surface area contributed by atoms with Gasteiger partial charge in [0.15, 0.2) is 0 Å². The molecule has 0 bridgehead atoms. The van der Waals surface area contributed by atoms with Crippen molar-refractivity contribution in [2.45, 2.75) is 18.9 Å². The quantitative estimate of drug-likeness (QED) is 0.575. The van der Waals surface area contributed by atoms with Crippen molar-refractivity contribution in [3.05, 3.63) is 29.8 Å². The van der Waals surface area contributed by atoms with Gasteiger partial charge >= 0.3 is 11.9 Å². The smallest absolute Gasteiger partial charge is 0.307 e. The van der Waals surface area contributed by atoms with Crippen LogP contribution >= 0.6 is 0 Å². The van der Waals surface area contributed by atoms with Crippen LogP contribution in [-0.4, -0.2) is 34.1 Å². The van der Waals surface area contributed by atoms with Gasteiger partial charge in [-0.05, 0) is 11.6 Å². The highest BCUT2D eigenvalue weighted by molar-refractivity contribution is 5.97. The number of amides is 1. The molecule has 1 aromatic carbocycles. The molecule has 0 fully saturated rings. The standard InChI is InChI=1S/C12H14N2O5/c13-8(6-11(17)18)12(19)14-9-4-2-1-3-7(9)5-10(15)16/h1-4,8H,5-6,13H2,(H,14,19)(H,15,16)(H,17,18). The van der Waals surface area contributed by atoms with Crippen LogP contribution in [0.25, 0.3) is 0 Å². The number of aliphatic carboxylic acids is 2. The van der Waals surface area contributed by atoms with Gasteiger partial charge in [-0.15, -0.1) is 0 Å². The first-order valence-corrected chi connectivity index (χ1v) is 5.48. The molecule has 7 nitrogen and oxygen atoms in total. The number of carbonyl (C=O) groups excluding carboxylic acids is 1. The van der Waals surface area contributed by atoms with E-state index in [9.17, 15) is 14.4 Å². The van der Waals surface area contributed by atoms with Crippen molar-refractivity contribution < 1.29 is 24.6 Å². The summed E-state index contributed by atoms with van der Waals surface area (Å²) in [7, 11) is 0. The van der Waals surface area contributed by atoms with Crippen molar-refractivity contribution in [2.75, 3.05) is 5.32 Å². The highest BCUT2D eigenvalue weighted by Gasteiger charge is 2.18. The maximum absolute atomic E-state index is 11.6. The summed E-state index contributed by atoms with van der Waals surface area (Å²) in [5, 5.41) is 19.7. The Labute approximate surface area is 109 Å². The van der Waals surface area contributed by atoms with E-state index in [0.29, 0.717) is 11.3 Å². The van der Waals surface area contributed by atoms with E-state index >= 15 is 0 Å². The lowest BCUT2D eigenvalue weighted by Gasteiger charge is -2.12. The first-order chi connectivity index (χ1) is 8.90. The van der Waals surface area contributed by atoms with Crippen LogP contribution in [-0.2, 0) is 20.8 Å².